The van der Waals surface area contributed by atoms with Crippen LogP contribution in [0.3, 0.4) is 0 Å². The topological polar surface area (TPSA) is 90.2 Å². The van der Waals surface area contributed by atoms with E-state index < -0.39 is 12.1 Å². The molecule has 238 valence electrons. The first-order chi connectivity index (χ1) is 21.6. The van der Waals surface area contributed by atoms with Crippen LogP contribution in [-0.2, 0) is 27.2 Å². The van der Waals surface area contributed by atoms with Gasteiger partial charge in [-0.25, -0.2) is 0 Å². The van der Waals surface area contributed by atoms with E-state index in [1.54, 1.807) is 25.1 Å². The molecule has 5 rings (SSSR count). The lowest BCUT2D eigenvalue weighted by Crippen LogP contribution is -2.58. The summed E-state index contributed by atoms with van der Waals surface area (Å²) < 4.78 is 0. The molecule has 2 N–H and O–H groups in total. The Morgan fingerprint density at radius 2 is 1.47 bits per heavy atom. The zero-order valence-electron chi connectivity index (χ0n) is 26.9. The van der Waals surface area contributed by atoms with Gasteiger partial charge >= 0.3 is 0 Å². The van der Waals surface area contributed by atoms with Crippen molar-refractivity contribution in [1.29, 1.82) is 0 Å². The zero-order valence-corrected chi connectivity index (χ0v) is 26.9. The van der Waals surface area contributed by atoms with Gasteiger partial charge in [-0.05, 0) is 60.7 Å². The van der Waals surface area contributed by atoms with Gasteiger partial charge in [0.05, 0.1) is 0 Å². The third-order valence-electron chi connectivity index (χ3n) is 9.66. The number of nitrogens with zero attached hydrogens (tertiary/aromatic N) is 4. The minimum atomic E-state index is -0.803. The van der Waals surface area contributed by atoms with Crippen LogP contribution < -0.4 is 5.73 Å². The van der Waals surface area contributed by atoms with Crippen LogP contribution in [-0.4, -0.2) is 102 Å². The summed E-state index contributed by atoms with van der Waals surface area (Å²) in [5, 5.41) is 2.19. The maximum absolute atomic E-state index is 14.5. The maximum atomic E-state index is 14.5. The van der Waals surface area contributed by atoms with E-state index in [-0.39, 0.29) is 23.3 Å². The van der Waals surface area contributed by atoms with Crippen LogP contribution >= 0.6 is 0 Å². The first-order valence-corrected chi connectivity index (χ1v) is 16.1. The molecule has 8 heteroatoms. The van der Waals surface area contributed by atoms with Crippen LogP contribution in [0, 0.1) is 0 Å². The number of amides is 3. The highest BCUT2D eigenvalue weighted by Gasteiger charge is 2.37. The van der Waals surface area contributed by atoms with Gasteiger partial charge in [0.1, 0.15) is 12.1 Å². The molecular formula is C37H47N5O3. The second-order valence-electron chi connectivity index (χ2n) is 13.0. The van der Waals surface area contributed by atoms with Crippen molar-refractivity contribution >= 4 is 28.5 Å². The molecule has 2 atom stereocenters. The molecule has 8 nitrogen and oxygen atoms in total. The lowest BCUT2D eigenvalue weighted by atomic mass is 9.75. The number of rotatable bonds is 11. The molecule has 1 heterocycles. The highest BCUT2D eigenvalue weighted by atomic mass is 16.2. The van der Waals surface area contributed by atoms with E-state index in [9.17, 15) is 14.4 Å². The molecule has 2 fully saturated rings. The van der Waals surface area contributed by atoms with Crippen LogP contribution in [0.2, 0.25) is 0 Å². The van der Waals surface area contributed by atoms with Gasteiger partial charge in [-0.3, -0.25) is 14.4 Å². The Kier molecular flexibility index (Phi) is 10.4. The minimum Gasteiger partial charge on any atom is -0.338 e. The van der Waals surface area contributed by atoms with Gasteiger partial charge in [0, 0.05) is 58.7 Å². The van der Waals surface area contributed by atoms with Crippen LogP contribution in [0.5, 0.6) is 0 Å². The Hall–Kier alpha value is -4.01. The second kappa shape index (κ2) is 14.4. The Morgan fingerprint density at radius 3 is 2.13 bits per heavy atom. The number of carbonyl (C=O) groups is 3. The van der Waals surface area contributed by atoms with Crippen LogP contribution in [0.25, 0.3) is 10.8 Å². The summed E-state index contributed by atoms with van der Waals surface area (Å²) in [5.74, 6) is -0.574. The van der Waals surface area contributed by atoms with Crippen molar-refractivity contribution in [2.45, 2.75) is 56.1 Å². The number of carbonyl (C=O) groups excluding carboxylic acids is 3. The fourth-order valence-electron chi connectivity index (χ4n) is 6.33. The quantitative estimate of drug-likeness (QED) is 0.334. The van der Waals surface area contributed by atoms with E-state index in [4.69, 9.17) is 5.73 Å². The van der Waals surface area contributed by atoms with E-state index in [1.807, 2.05) is 71.6 Å². The number of benzene rings is 3. The van der Waals surface area contributed by atoms with E-state index in [1.165, 1.54) is 4.90 Å². The molecule has 3 aromatic rings. The third kappa shape index (κ3) is 7.99. The van der Waals surface area contributed by atoms with Gasteiger partial charge in [0.25, 0.3) is 0 Å². The van der Waals surface area contributed by atoms with Crippen molar-refractivity contribution in [2.24, 2.45) is 5.73 Å². The summed E-state index contributed by atoms with van der Waals surface area (Å²) in [7, 11) is 5.44. The summed E-state index contributed by atoms with van der Waals surface area (Å²) in [6.45, 7) is 2.82. The summed E-state index contributed by atoms with van der Waals surface area (Å²) in [4.78, 5) is 49.3. The van der Waals surface area contributed by atoms with Crippen molar-refractivity contribution < 1.29 is 14.4 Å². The molecule has 2 aliphatic rings. The number of likely N-dealkylation sites (N-methyl/N-ethyl adjacent to an activating group) is 3. The zero-order chi connectivity index (χ0) is 32.0. The van der Waals surface area contributed by atoms with E-state index in [0.29, 0.717) is 32.4 Å². The highest BCUT2D eigenvalue weighted by molar-refractivity contribution is 5.95. The van der Waals surface area contributed by atoms with Gasteiger partial charge < -0.3 is 25.3 Å². The number of hydrogen-bond donors (Lipinski definition) is 1. The molecule has 0 spiro atoms. The fraction of sp³-hybridized carbons (Fsp3) is 0.432. The van der Waals surface area contributed by atoms with Gasteiger partial charge in [0.2, 0.25) is 17.7 Å². The van der Waals surface area contributed by atoms with Crippen molar-refractivity contribution in [3.8, 4) is 0 Å². The number of nitrogens with two attached hydrogens (primary N) is 1. The molecule has 3 aromatic carbocycles. The summed E-state index contributed by atoms with van der Waals surface area (Å²) in [5.41, 5.74) is 8.08. The molecule has 3 amide bonds. The Labute approximate surface area is 267 Å². The van der Waals surface area contributed by atoms with Gasteiger partial charge in [0.15, 0.2) is 0 Å². The normalized spacial score (nSPS) is 17.9. The summed E-state index contributed by atoms with van der Waals surface area (Å²) in [6.07, 6.45) is 7.77. The molecule has 0 unspecified atom stereocenters. The average molecular weight is 610 g/mol. The SMILES string of the molecule is CN1CCN(C(=O)[C@@H](Cc2ccccc2)N(C)C(=O)[C@@H](Cc2ccc3ccccc3c2)N(C)C(=O)/C=C/CC2(N)CCC2)CC1. The Balaban J connectivity index is 1.42. The lowest BCUT2D eigenvalue weighted by molar-refractivity contribution is -0.149. The fourth-order valence-corrected chi connectivity index (χ4v) is 6.33. The smallest absolute Gasteiger partial charge is 0.246 e. The Bertz CT molecular complexity index is 1510. The van der Waals surface area contributed by atoms with Crippen molar-refractivity contribution in [3.63, 3.8) is 0 Å². The molecule has 45 heavy (non-hydrogen) atoms. The lowest BCUT2D eigenvalue weighted by Gasteiger charge is -2.39. The standard InChI is InChI=1S/C37H47N5O3/c1-39-21-23-42(24-22-39)36(45)33(26-28-11-5-4-6-12-28)41(3)35(44)32(27-29-16-17-30-13-7-8-14-31(30)25-29)40(2)34(43)15-9-18-37(38)19-10-20-37/h4-9,11-17,25,32-33H,10,18-24,26-27,38H2,1-3H3/b15-9+/t32-,33-/m1/s1. The molecule has 0 aromatic heterocycles. The highest BCUT2D eigenvalue weighted by Crippen LogP contribution is 2.32. The first-order valence-electron chi connectivity index (χ1n) is 16.1. The van der Waals surface area contributed by atoms with Crippen molar-refractivity contribution in [2.75, 3.05) is 47.3 Å². The number of piperazine rings is 1. The molecule has 1 aliphatic carbocycles. The van der Waals surface area contributed by atoms with Gasteiger partial charge in [-0.2, -0.15) is 0 Å². The predicted molar refractivity (Wildman–Crippen MR) is 180 cm³/mol. The molecular weight excluding hydrogens is 562 g/mol. The number of hydrogen-bond acceptors (Lipinski definition) is 5. The van der Waals surface area contributed by atoms with Gasteiger partial charge in [-0.1, -0.05) is 78.9 Å². The molecule has 1 saturated carbocycles. The molecule has 1 saturated heterocycles. The summed E-state index contributed by atoms with van der Waals surface area (Å²) in [6, 6.07) is 22.6. The maximum Gasteiger partial charge on any atom is 0.246 e. The minimum absolute atomic E-state index is 0.0603. The second-order valence-corrected chi connectivity index (χ2v) is 13.0. The van der Waals surface area contributed by atoms with Crippen LogP contribution in [0.1, 0.15) is 36.8 Å². The van der Waals surface area contributed by atoms with Crippen molar-refractivity contribution in [1.82, 2.24) is 19.6 Å². The molecule has 0 radical (unpaired) electrons. The average Bonchev–Trinajstić information content (AvgIpc) is 3.04. The predicted octanol–water partition coefficient (Wildman–Crippen LogP) is 3.88. The summed E-state index contributed by atoms with van der Waals surface area (Å²) >= 11 is 0. The largest absolute Gasteiger partial charge is 0.338 e. The van der Waals surface area contributed by atoms with E-state index >= 15 is 0 Å². The van der Waals surface area contributed by atoms with Crippen LogP contribution in [0.4, 0.5) is 0 Å². The monoisotopic (exact) mass is 609 g/mol. The molecule has 0 bridgehead atoms. The first kappa shape index (κ1) is 32.4. The third-order valence-corrected chi connectivity index (χ3v) is 9.66. The van der Waals surface area contributed by atoms with Crippen LogP contribution in [0.15, 0.2) is 84.9 Å². The number of fused-ring (bicyclic) bond motifs is 1. The van der Waals surface area contributed by atoms with Crippen molar-refractivity contribution in [3.05, 3.63) is 96.1 Å². The Morgan fingerprint density at radius 1 is 0.822 bits per heavy atom. The van der Waals surface area contributed by atoms with E-state index in [0.717, 1.165) is 54.3 Å². The van der Waals surface area contributed by atoms with E-state index in [2.05, 4.69) is 24.1 Å². The van der Waals surface area contributed by atoms with Gasteiger partial charge in [-0.15, -0.1) is 0 Å². The molecule has 1 aliphatic heterocycles.